The van der Waals surface area contributed by atoms with E-state index in [0.717, 1.165) is 0 Å². The second kappa shape index (κ2) is 1.76. The second-order valence-corrected chi connectivity index (χ2v) is 1.79. The van der Waals surface area contributed by atoms with Crippen molar-refractivity contribution >= 4 is 0 Å². The molecule has 0 radical (unpaired) electrons. The lowest BCUT2D eigenvalue weighted by molar-refractivity contribution is 0.0642. The van der Waals surface area contributed by atoms with Crippen LogP contribution in [0.25, 0.3) is 0 Å². The number of hydrogen-bond donors (Lipinski definition) is 2. The largest absolute Gasteiger partial charge is 0.493 e. The van der Waals surface area contributed by atoms with E-state index < -0.39 is 12.2 Å². The molecule has 3 nitrogen and oxygen atoms in total. The molecule has 0 bridgehead atoms. The van der Waals surface area contributed by atoms with E-state index in [9.17, 15) is 0 Å². The zero-order valence-corrected chi connectivity index (χ0v) is 4.37. The first-order chi connectivity index (χ1) is 3.72. The van der Waals surface area contributed by atoms with Crippen molar-refractivity contribution in [2.24, 2.45) is 0 Å². The summed E-state index contributed by atoms with van der Waals surface area (Å²) in [7, 11) is 0. The highest BCUT2D eigenvalue weighted by Gasteiger charge is 2.27. The Morgan fingerprint density at radius 1 is 1.62 bits per heavy atom. The molecule has 0 aromatic carbocycles. The lowest BCUT2D eigenvalue weighted by Gasteiger charge is -2.00. The topological polar surface area (TPSA) is 49.7 Å². The average molecular weight is 116 g/mol. The third kappa shape index (κ3) is 0.700. The van der Waals surface area contributed by atoms with E-state index in [2.05, 4.69) is 11.3 Å². The lowest BCUT2D eigenvalue weighted by atomic mass is 10.2. The van der Waals surface area contributed by atoms with Crippen molar-refractivity contribution in [2.45, 2.75) is 12.2 Å². The number of rotatable bonds is 0. The van der Waals surface area contributed by atoms with Crippen molar-refractivity contribution in [3.8, 4) is 0 Å². The summed E-state index contributed by atoms with van der Waals surface area (Å²) in [5, 5.41) is 17.5. The maximum atomic E-state index is 8.79. The van der Waals surface area contributed by atoms with Crippen LogP contribution in [0.2, 0.25) is 0 Å². The monoisotopic (exact) mass is 116 g/mol. The second-order valence-electron chi connectivity index (χ2n) is 1.79. The molecule has 0 aromatic rings. The van der Waals surface area contributed by atoms with Crippen molar-refractivity contribution in [3.63, 3.8) is 0 Å². The van der Waals surface area contributed by atoms with Crippen molar-refractivity contribution in [3.05, 3.63) is 12.3 Å². The fourth-order valence-electron chi connectivity index (χ4n) is 0.584. The first kappa shape index (κ1) is 5.59. The van der Waals surface area contributed by atoms with Gasteiger partial charge in [-0.2, -0.15) is 0 Å². The minimum Gasteiger partial charge on any atom is -0.493 e. The van der Waals surface area contributed by atoms with Crippen LogP contribution in [0.15, 0.2) is 12.3 Å². The Kier molecular flexibility index (Phi) is 1.23. The van der Waals surface area contributed by atoms with Crippen LogP contribution in [0, 0.1) is 0 Å². The lowest BCUT2D eigenvalue weighted by Crippen LogP contribution is -2.21. The van der Waals surface area contributed by atoms with E-state index in [0.29, 0.717) is 0 Å². The molecule has 1 aliphatic heterocycles. The zero-order valence-electron chi connectivity index (χ0n) is 4.37. The van der Waals surface area contributed by atoms with Crippen molar-refractivity contribution in [1.82, 2.24) is 0 Å². The van der Waals surface area contributed by atoms with Crippen molar-refractivity contribution in [2.75, 3.05) is 6.61 Å². The van der Waals surface area contributed by atoms with Gasteiger partial charge in [0.15, 0.2) is 0 Å². The molecule has 1 aliphatic rings. The molecule has 1 rings (SSSR count). The molecular weight excluding hydrogens is 108 g/mol. The molecule has 46 valence electrons. The van der Waals surface area contributed by atoms with Crippen LogP contribution in [0.3, 0.4) is 0 Å². The standard InChI is InChI=1S/C5H8O3/c1-3-5(7)4(6)2-8-3/h4-7H,1-2H2/t4-,5+/m0/s1. The predicted molar refractivity (Wildman–Crippen MR) is 27.1 cm³/mol. The highest BCUT2D eigenvalue weighted by atomic mass is 16.5. The van der Waals surface area contributed by atoms with Crippen LogP contribution >= 0.6 is 0 Å². The maximum absolute atomic E-state index is 8.79. The summed E-state index contributed by atoms with van der Waals surface area (Å²) < 4.78 is 4.68. The SMILES string of the molecule is C=C1OC[C@H](O)[C@@H]1O. The van der Waals surface area contributed by atoms with Gasteiger partial charge in [-0.3, -0.25) is 0 Å². The zero-order chi connectivity index (χ0) is 6.15. The van der Waals surface area contributed by atoms with Crippen LogP contribution in [0.1, 0.15) is 0 Å². The highest BCUT2D eigenvalue weighted by Crippen LogP contribution is 2.14. The van der Waals surface area contributed by atoms with E-state index in [1.54, 1.807) is 0 Å². The van der Waals surface area contributed by atoms with Crippen LogP contribution < -0.4 is 0 Å². The molecule has 8 heavy (non-hydrogen) atoms. The summed E-state index contributed by atoms with van der Waals surface area (Å²) in [4.78, 5) is 0. The summed E-state index contributed by atoms with van der Waals surface area (Å²) in [5.41, 5.74) is 0. The predicted octanol–water partition coefficient (Wildman–Crippen LogP) is -0.748. The van der Waals surface area contributed by atoms with Gasteiger partial charge in [-0.15, -0.1) is 0 Å². The molecule has 1 saturated heterocycles. The van der Waals surface area contributed by atoms with Gasteiger partial charge in [-0.05, 0) is 0 Å². The summed E-state index contributed by atoms with van der Waals surface area (Å²) in [5.74, 6) is 0.262. The molecule has 0 aromatic heterocycles. The maximum Gasteiger partial charge on any atom is 0.139 e. The molecule has 1 fully saturated rings. The summed E-state index contributed by atoms with van der Waals surface area (Å²) in [6.07, 6.45) is -1.66. The molecule has 0 aliphatic carbocycles. The van der Waals surface area contributed by atoms with Crippen LogP contribution in [0.5, 0.6) is 0 Å². The highest BCUT2D eigenvalue weighted by molar-refractivity contribution is 5.00. The van der Waals surface area contributed by atoms with Gasteiger partial charge in [0.2, 0.25) is 0 Å². The quantitative estimate of drug-likeness (QED) is 0.438. The average Bonchev–Trinajstić information content (AvgIpc) is 1.98. The van der Waals surface area contributed by atoms with Gasteiger partial charge in [-0.1, -0.05) is 6.58 Å². The van der Waals surface area contributed by atoms with E-state index >= 15 is 0 Å². The number of aliphatic hydroxyl groups is 2. The first-order valence-electron chi connectivity index (χ1n) is 2.39. The Morgan fingerprint density at radius 2 is 2.25 bits per heavy atom. The minimum absolute atomic E-state index is 0.167. The Morgan fingerprint density at radius 3 is 2.38 bits per heavy atom. The fraction of sp³-hybridized carbons (Fsp3) is 0.600. The molecule has 1 heterocycles. The first-order valence-corrected chi connectivity index (χ1v) is 2.39. The van der Waals surface area contributed by atoms with Gasteiger partial charge in [0.05, 0.1) is 0 Å². The molecule has 0 unspecified atom stereocenters. The smallest absolute Gasteiger partial charge is 0.139 e. The Balaban J connectivity index is 2.56. The summed E-state index contributed by atoms with van der Waals surface area (Å²) in [6, 6.07) is 0. The van der Waals surface area contributed by atoms with Gasteiger partial charge in [0.25, 0.3) is 0 Å². The molecule has 2 N–H and O–H groups in total. The number of aliphatic hydroxyl groups excluding tert-OH is 2. The summed E-state index contributed by atoms with van der Waals surface area (Å²) in [6.45, 7) is 3.52. The molecule has 0 spiro atoms. The third-order valence-electron chi connectivity index (χ3n) is 1.13. The van der Waals surface area contributed by atoms with Crippen molar-refractivity contribution < 1.29 is 14.9 Å². The van der Waals surface area contributed by atoms with Gasteiger partial charge < -0.3 is 14.9 Å². The van der Waals surface area contributed by atoms with E-state index in [1.165, 1.54) is 0 Å². The normalized spacial score (nSPS) is 37.5. The van der Waals surface area contributed by atoms with Crippen LogP contribution in [0.4, 0.5) is 0 Å². The van der Waals surface area contributed by atoms with Crippen LogP contribution in [-0.4, -0.2) is 29.0 Å². The van der Waals surface area contributed by atoms with E-state index in [-0.39, 0.29) is 12.4 Å². The van der Waals surface area contributed by atoms with Gasteiger partial charge in [-0.25, -0.2) is 0 Å². The van der Waals surface area contributed by atoms with E-state index in [4.69, 9.17) is 10.2 Å². The molecular formula is C5H8O3. The van der Waals surface area contributed by atoms with Crippen LogP contribution in [-0.2, 0) is 4.74 Å². The van der Waals surface area contributed by atoms with Gasteiger partial charge in [0.1, 0.15) is 24.6 Å². The minimum atomic E-state index is -0.880. The molecule has 3 heteroatoms. The fourth-order valence-corrected chi connectivity index (χ4v) is 0.584. The van der Waals surface area contributed by atoms with Gasteiger partial charge in [0, 0.05) is 0 Å². The summed E-state index contributed by atoms with van der Waals surface area (Å²) >= 11 is 0. The molecule has 0 amide bonds. The Bertz CT molecular complexity index is 110. The third-order valence-corrected chi connectivity index (χ3v) is 1.13. The van der Waals surface area contributed by atoms with Crippen molar-refractivity contribution in [1.29, 1.82) is 0 Å². The van der Waals surface area contributed by atoms with E-state index in [1.807, 2.05) is 0 Å². The molecule has 0 saturated carbocycles. The Hall–Kier alpha value is -0.540. The Labute approximate surface area is 47.2 Å². The molecule has 2 atom stereocenters. The van der Waals surface area contributed by atoms with Gasteiger partial charge >= 0.3 is 0 Å². The number of ether oxygens (including phenoxy) is 1. The number of hydrogen-bond acceptors (Lipinski definition) is 3.